The first kappa shape index (κ1) is 17.2. The summed E-state index contributed by atoms with van der Waals surface area (Å²) in [5.74, 6) is 1.74. The predicted octanol–water partition coefficient (Wildman–Crippen LogP) is 3.15. The van der Waals surface area contributed by atoms with Crippen LogP contribution < -0.4 is 5.32 Å². The molecular formula is C18H36N2O. The minimum atomic E-state index is 0.508. The highest BCUT2D eigenvalue weighted by molar-refractivity contribution is 4.90. The van der Waals surface area contributed by atoms with E-state index in [2.05, 4.69) is 24.1 Å². The highest BCUT2D eigenvalue weighted by Gasteiger charge is 2.36. The molecule has 1 saturated heterocycles. The van der Waals surface area contributed by atoms with E-state index in [-0.39, 0.29) is 0 Å². The Morgan fingerprint density at radius 3 is 2.24 bits per heavy atom. The lowest BCUT2D eigenvalue weighted by molar-refractivity contribution is 0.134. The average molecular weight is 296 g/mol. The van der Waals surface area contributed by atoms with Crippen molar-refractivity contribution in [2.24, 2.45) is 17.3 Å². The molecule has 2 atom stereocenters. The molecule has 1 saturated carbocycles. The molecular weight excluding hydrogens is 260 g/mol. The smallest absolute Gasteiger partial charge is 0.0587 e. The third-order valence-corrected chi connectivity index (χ3v) is 5.77. The van der Waals surface area contributed by atoms with Crippen LogP contribution in [-0.4, -0.2) is 51.3 Å². The van der Waals surface area contributed by atoms with Crippen molar-refractivity contribution in [1.82, 2.24) is 10.2 Å². The normalized spacial score (nSPS) is 30.4. The molecule has 124 valence electrons. The SMILES string of the molecule is COCCNCC1(CN2CC(C)C(C)C2)CCCCCC1. The number of ether oxygens (including phenoxy) is 1. The van der Waals surface area contributed by atoms with Crippen LogP contribution in [0.4, 0.5) is 0 Å². The molecule has 3 heteroatoms. The van der Waals surface area contributed by atoms with Gasteiger partial charge in [0.25, 0.3) is 0 Å². The van der Waals surface area contributed by atoms with Crippen molar-refractivity contribution in [2.45, 2.75) is 52.4 Å². The summed E-state index contributed by atoms with van der Waals surface area (Å²) in [6.45, 7) is 11.8. The molecule has 2 aliphatic rings. The van der Waals surface area contributed by atoms with E-state index < -0.39 is 0 Å². The second kappa shape index (κ2) is 8.50. The molecule has 1 heterocycles. The maximum atomic E-state index is 5.18. The Morgan fingerprint density at radius 2 is 1.67 bits per heavy atom. The van der Waals surface area contributed by atoms with E-state index in [0.717, 1.165) is 25.0 Å². The van der Waals surface area contributed by atoms with Gasteiger partial charge >= 0.3 is 0 Å². The van der Waals surface area contributed by atoms with Crippen molar-refractivity contribution in [3.8, 4) is 0 Å². The van der Waals surface area contributed by atoms with Gasteiger partial charge in [0.1, 0.15) is 0 Å². The van der Waals surface area contributed by atoms with Gasteiger partial charge in [0.2, 0.25) is 0 Å². The molecule has 3 nitrogen and oxygen atoms in total. The van der Waals surface area contributed by atoms with E-state index in [4.69, 9.17) is 4.74 Å². The minimum absolute atomic E-state index is 0.508. The number of rotatable bonds is 7. The molecule has 2 fully saturated rings. The van der Waals surface area contributed by atoms with Gasteiger partial charge in [0, 0.05) is 39.8 Å². The molecule has 0 spiro atoms. The van der Waals surface area contributed by atoms with E-state index in [1.807, 2.05) is 0 Å². The molecule has 0 amide bonds. The van der Waals surface area contributed by atoms with Crippen LogP contribution >= 0.6 is 0 Å². The van der Waals surface area contributed by atoms with Crippen molar-refractivity contribution < 1.29 is 4.74 Å². The number of nitrogens with zero attached hydrogens (tertiary/aromatic N) is 1. The van der Waals surface area contributed by atoms with Crippen LogP contribution in [0, 0.1) is 17.3 Å². The van der Waals surface area contributed by atoms with Gasteiger partial charge in [-0.3, -0.25) is 0 Å². The van der Waals surface area contributed by atoms with Crippen LogP contribution in [0.5, 0.6) is 0 Å². The van der Waals surface area contributed by atoms with E-state index in [9.17, 15) is 0 Å². The number of nitrogens with one attached hydrogen (secondary N) is 1. The van der Waals surface area contributed by atoms with Crippen molar-refractivity contribution in [2.75, 3.05) is 46.4 Å². The van der Waals surface area contributed by atoms with E-state index in [1.165, 1.54) is 64.7 Å². The second-order valence-electron chi connectivity index (χ2n) is 7.73. The van der Waals surface area contributed by atoms with Gasteiger partial charge in [-0.25, -0.2) is 0 Å². The molecule has 2 unspecified atom stereocenters. The van der Waals surface area contributed by atoms with E-state index in [0.29, 0.717) is 5.41 Å². The fourth-order valence-electron chi connectivity index (χ4n) is 4.25. The number of likely N-dealkylation sites (tertiary alicyclic amines) is 1. The molecule has 0 aromatic heterocycles. The van der Waals surface area contributed by atoms with Gasteiger partial charge < -0.3 is 15.0 Å². The van der Waals surface area contributed by atoms with Crippen LogP contribution in [0.25, 0.3) is 0 Å². The molecule has 0 aromatic carbocycles. The second-order valence-corrected chi connectivity index (χ2v) is 7.73. The Balaban J connectivity index is 1.90. The minimum Gasteiger partial charge on any atom is -0.383 e. The monoisotopic (exact) mass is 296 g/mol. The first-order valence-corrected chi connectivity index (χ1v) is 9.07. The Labute approximate surface area is 131 Å². The van der Waals surface area contributed by atoms with Crippen molar-refractivity contribution in [3.63, 3.8) is 0 Å². The van der Waals surface area contributed by atoms with Crippen LogP contribution in [0.3, 0.4) is 0 Å². The Hall–Kier alpha value is -0.120. The summed E-state index contributed by atoms with van der Waals surface area (Å²) in [5.41, 5.74) is 0.508. The molecule has 1 aliphatic carbocycles. The first-order chi connectivity index (χ1) is 10.2. The summed E-state index contributed by atoms with van der Waals surface area (Å²) in [6, 6.07) is 0. The third-order valence-electron chi connectivity index (χ3n) is 5.77. The zero-order chi connectivity index (χ0) is 15.1. The van der Waals surface area contributed by atoms with Gasteiger partial charge in [-0.15, -0.1) is 0 Å². The quantitative estimate of drug-likeness (QED) is 0.577. The summed E-state index contributed by atoms with van der Waals surface area (Å²) in [6.07, 6.45) is 8.54. The number of hydrogen-bond donors (Lipinski definition) is 1. The Kier molecular flexibility index (Phi) is 6.97. The highest BCUT2D eigenvalue weighted by Crippen LogP contribution is 2.37. The third kappa shape index (κ3) is 5.22. The van der Waals surface area contributed by atoms with Crippen LogP contribution in [0.15, 0.2) is 0 Å². The van der Waals surface area contributed by atoms with E-state index >= 15 is 0 Å². The molecule has 0 radical (unpaired) electrons. The van der Waals surface area contributed by atoms with Crippen molar-refractivity contribution in [1.29, 1.82) is 0 Å². The Morgan fingerprint density at radius 1 is 1.05 bits per heavy atom. The van der Waals surface area contributed by atoms with Gasteiger partial charge in [0.15, 0.2) is 0 Å². The van der Waals surface area contributed by atoms with Crippen LogP contribution in [0.1, 0.15) is 52.4 Å². The Bertz CT molecular complexity index is 277. The maximum Gasteiger partial charge on any atom is 0.0587 e. The zero-order valence-electron chi connectivity index (χ0n) is 14.5. The highest BCUT2D eigenvalue weighted by atomic mass is 16.5. The largest absolute Gasteiger partial charge is 0.383 e. The number of hydrogen-bond acceptors (Lipinski definition) is 3. The fraction of sp³-hybridized carbons (Fsp3) is 1.00. The summed E-state index contributed by atoms with van der Waals surface area (Å²) < 4.78 is 5.18. The van der Waals surface area contributed by atoms with Gasteiger partial charge in [-0.2, -0.15) is 0 Å². The predicted molar refractivity (Wildman–Crippen MR) is 89.6 cm³/mol. The molecule has 0 aromatic rings. The topological polar surface area (TPSA) is 24.5 Å². The molecule has 21 heavy (non-hydrogen) atoms. The molecule has 1 aliphatic heterocycles. The van der Waals surface area contributed by atoms with Crippen LogP contribution in [0.2, 0.25) is 0 Å². The summed E-state index contributed by atoms with van der Waals surface area (Å²) in [7, 11) is 1.79. The average Bonchev–Trinajstić information content (AvgIpc) is 2.66. The van der Waals surface area contributed by atoms with E-state index in [1.54, 1.807) is 7.11 Å². The van der Waals surface area contributed by atoms with Gasteiger partial charge in [-0.05, 0) is 30.1 Å². The molecule has 2 rings (SSSR count). The lowest BCUT2D eigenvalue weighted by Crippen LogP contribution is -2.44. The zero-order valence-corrected chi connectivity index (χ0v) is 14.5. The van der Waals surface area contributed by atoms with Crippen LogP contribution in [-0.2, 0) is 4.74 Å². The lowest BCUT2D eigenvalue weighted by atomic mass is 9.79. The maximum absolute atomic E-state index is 5.18. The van der Waals surface area contributed by atoms with Gasteiger partial charge in [0.05, 0.1) is 6.61 Å². The summed E-state index contributed by atoms with van der Waals surface area (Å²) in [5, 5.41) is 3.67. The first-order valence-electron chi connectivity index (χ1n) is 9.07. The molecule has 1 N–H and O–H groups in total. The lowest BCUT2D eigenvalue weighted by Gasteiger charge is -2.37. The summed E-state index contributed by atoms with van der Waals surface area (Å²) in [4.78, 5) is 2.75. The van der Waals surface area contributed by atoms with Gasteiger partial charge in [-0.1, -0.05) is 39.5 Å². The molecule has 0 bridgehead atoms. The standard InChI is InChI=1S/C18H36N2O/c1-16-12-20(13-17(16)2)15-18(14-19-10-11-21-3)8-6-4-5-7-9-18/h16-17,19H,4-15H2,1-3H3. The summed E-state index contributed by atoms with van der Waals surface area (Å²) >= 11 is 0. The van der Waals surface area contributed by atoms with Crippen molar-refractivity contribution in [3.05, 3.63) is 0 Å². The van der Waals surface area contributed by atoms with Crippen molar-refractivity contribution >= 4 is 0 Å². The number of methoxy groups -OCH3 is 1. The fourth-order valence-corrected chi connectivity index (χ4v) is 4.25.